The lowest BCUT2D eigenvalue weighted by atomic mass is 10.2. The highest BCUT2D eigenvalue weighted by Crippen LogP contribution is 2.16. The number of sulfonamides is 2. The van der Waals surface area contributed by atoms with Crippen molar-refractivity contribution in [2.75, 3.05) is 26.4 Å². The average molecular weight is 429 g/mol. The highest BCUT2D eigenvalue weighted by atomic mass is 32.2. The fourth-order valence-electron chi connectivity index (χ4n) is 2.34. The van der Waals surface area contributed by atoms with Gasteiger partial charge in [-0.2, -0.15) is 0 Å². The molecule has 10 heteroatoms. The average Bonchev–Trinajstić information content (AvgIpc) is 2.65. The Morgan fingerprint density at radius 1 is 0.893 bits per heavy atom. The molecule has 0 saturated heterocycles. The van der Waals surface area contributed by atoms with Crippen molar-refractivity contribution in [1.82, 2.24) is 4.72 Å². The zero-order valence-corrected chi connectivity index (χ0v) is 17.1. The van der Waals surface area contributed by atoms with Crippen LogP contribution in [0.3, 0.4) is 0 Å². The van der Waals surface area contributed by atoms with Crippen LogP contribution in [-0.2, 0) is 31.2 Å². The lowest BCUT2D eigenvalue weighted by Gasteiger charge is -2.09. The zero-order chi connectivity index (χ0) is 20.6. The molecular weight excluding hydrogens is 404 g/mol. The largest absolute Gasteiger partial charge is 0.491 e. The van der Waals surface area contributed by atoms with Crippen molar-refractivity contribution in [2.45, 2.75) is 23.1 Å². The number of primary sulfonamides is 1. The minimum absolute atomic E-state index is 0.0143. The van der Waals surface area contributed by atoms with E-state index in [2.05, 4.69) is 4.72 Å². The van der Waals surface area contributed by atoms with Crippen molar-refractivity contribution in [3.8, 4) is 5.75 Å². The van der Waals surface area contributed by atoms with Gasteiger partial charge in [0.1, 0.15) is 12.4 Å². The molecule has 2 rings (SSSR count). The van der Waals surface area contributed by atoms with Crippen molar-refractivity contribution < 1.29 is 26.3 Å². The molecule has 8 nitrogen and oxygen atoms in total. The second kappa shape index (κ2) is 9.99. The summed E-state index contributed by atoms with van der Waals surface area (Å²) in [6, 6.07) is 12.1. The summed E-state index contributed by atoms with van der Waals surface area (Å²) in [5.41, 5.74) is 0.785. The van der Waals surface area contributed by atoms with Gasteiger partial charge in [-0.3, -0.25) is 0 Å². The Hall–Kier alpha value is -1.98. The Balaban J connectivity index is 1.87. The number of rotatable bonds is 11. The summed E-state index contributed by atoms with van der Waals surface area (Å²) < 4.78 is 60.3. The van der Waals surface area contributed by atoms with Crippen LogP contribution >= 0.6 is 0 Å². The first kappa shape index (κ1) is 22.3. The van der Waals surface area contributed by atoms with Crippen LogP contribution in [0.2, 0.25) is 0 Å². The molecule has 0 aliphatic rings. The molecule has 0 saturated carbocycles. The van der Waals surface area contributed by atoms with Gasteiger partial charge in [0.2, 0.25) is 20.0 Å². The maximum atomic E-state index is 12.4. The van der Waals surface area contributed by atoms with Gasteiger partial charge in [0.25, 0.3) is 0 Å². The number of hydrogen-bond donors (Lipinski definition) is 2. The number of benzene rings is 2. The number of nitrogens with two attached hydrogens (primary N) is 1. The van der Waals surface area contributed by atoms with Crippen LogP contribution in [0.4, 0.5) is 0 Å². The summed E-state index contributed by atoms with van der Waals surface area (Å²) in [5.74, 6) is 0.564. The molecule has 0 spiro atoms. The quantitative estimate of drug-likeness (QED) is 0.519. The van der Waals surface area contributed by atoms with Crippen LogP contribution in [0, 0.1) is 0 Å². The molecule has 0 unspecified atom stereocenters. The van der Waals surface area contributed by atoms with Crippen molar-refractivity contribution in [2.24, 2.45) is 5.14 Å². The lowest BCUT2D eigenvalue weighted by molar-refractivity contribution is 0.110. The van der Waals surface area contributed by atoms with Gasteiger partial charge in [0, 0.05) is 13.2 Å². The minimum atomic E-state index is -3.74. The smallest absolute Gasteiger partial charge is 0.240 e. The molecule has 0 aliphatic heterocycles. The molecule has 3 N–H and O–H groups in total. The highest BCUT2D eigenvalue weighted by molar-refractivity contribution is 7.89. The van der Waals surface area contributed by atoms with E-state index >= 15 is 0 Å². The Morgan fingerprint density at radius 2 is 1.50 bits per heavy atom. The third-order valence-electron chi connectivity index (χ3n) is 3.79. The highest BCUT2D eigenvalue weighted by Gasteiger charge is 2.13. The molecule has 154 valence electrons. The van der Waals surface area contributed by atoms with Crippen LogP contribution in [0.15, 0.2) is 58.3 Å². The van der Waals surface area contributed by atoms with Crippen molar-refractivity contribution in [1.29, 1.82) is 0 Å². The number of hydrogen-bond acceptors (Lipinski definition) is 6. The number of nitrogens with one attached hydrogen (secondary N) is 1. The van der Waals surface area contributed by atoms with E-state index in [1.807, 2.05) is 6.92 Å². The molecule has 0 heterocycles. The third-order valence-corrected chi connectivity index (χ3v) is 6.20. The monoisotopic (exact) mass is 428 g/mol. The van der Waals surface area contributed by atoms with Gasteiger partial charge < -0.3 is 9.47 Å². The van der Waals surface area contributed by atoms with Crippen LogP contribution in [0.5, 0.6) is 5.75 Å². The van der Waals surface area contributed by atoms with Crippen LogP contribution in [0.25, 0.3) is 0 Å². The molecule has 0 fully saturated rings. The Labute approximate surface area is 165 Å². The van der Waals surface area contributed by atoms with Gasteiger partial charge >= 0.3 is 0 Å². The molecule has 0 amide bonds. The summed E-state index contributed by atoms with van der Waals surface area (Å²) in [5, 5.41) is 5.04. The van der Waals surface area contributed by atoms with E-state index in [0.29, 0.717) is 32.0 Å². The van der Waals surface area contributed by atoms with Gasteiger partial charge in [-0.25, -0.2) is 26.7 Å². The summed E-state index contributed by atoms with van der Waals surface area (Å²) in [4.78, 5) is 0.148. The van der Waals surface area contributed by atoms with Crippen LogP contribution < -0.4 is 14.6 Å². The van der Waals surface area contributed by atoms with Crippen molar-refractivity contribution in [3.63, 3.8) is 0 Å². The zero-order valence-electron chi connectivity index (χ0n) is 15.5. The summed E-state index contributed by atoms with van der Waals surface area (Å²) >= 11 is 0. The Morgan fingerprint density at radius 3 is 2.07 bits per heavy atom. The predicted molar refractivity (Wildman–Crippen MR) is 105 cm³/mol. The van der Waals surface area contributed by atoms with E-state index in [-0.39, 0.29) is 16.3 Å². The van der Waals surface area contributed by atoms with Crippen LogP contribution in [-0.4, -0.2) is 43.2 Å². The van der Waals surface area contributed by atoms with E-state index in [1.165, 1.54) is 24.3 Å². The predicted octanol–water partition coefficient (Wildman–Crippen LogP) is 1.27. The number of ether oxygens (including phenoxy) is 2. The van der Waals surface area contributed by atoms with Gasteiger partial charge in [0.15, 0.2) is 0 Å². The van der Waals surface area contributed by atoms with Crippen LogP contribution in [0.1, 0.15) is 12.5 Å². The fraction of sp³-hybridized carbons (Fsp3) is 0.333. The fourth-order valence-corrected chi connectivity index (χ4v) is 3.88. The van der Waals surface area contributed by atoms with Gasteiger partial charge in [-0.1, -0.05) is 12.1 Å². The van der Waals surface area contributed by atoms with Gasteiger partial charge in [-0.05, 0) is 55.3 Å². The summed E-state index contributed by atoms with van der Waals surface area (Å²) in [7, 11) is -7.39. The first-order valence-electron chi connectivity index (χ1n) is 8.64. The van der Waals surface area contributed by atoms with E-state index in [9.17, 15) is 16.8 Å². The second-order valence-corrected chi connectivity index (χ2v) is 9.18. The van der Waals surface area contributed by atoms with Gasteiger partial charge in [0.05, 0.1) is 16.4 Å². The first-order valence-corrected chi connectivity index (χ1v) is 11.7. The lowest BCUT2D eigenvalue weighted by Crippen LogP contribution is -2.26. The van der Waals surface area contributed by atoms with Crippen molar-refractivity contribution in [3.05, 3.63) is 54.1 Å². The molecule has 0 aliphatic carbocycles. The maximum absolute atomic E-state index is 12.4. The third kappa shape index (κ3) is 6.88. The van der Waals surface area contributed by atoms with E-state index in [1.54, 1.807) is 24.3 Å². The SMILES string of the molecule is CCOCCOc1ccc(S(=O)(=O)NCCc2ccc(S(N)(=O)=O)cc2)cc1. The molecule has 28 heavy (non-hydrogen) atoms. The molecule has 2 aromatic rings. The first-order chi connectivity index (χ1) is 13.2. The molecule has 2 aromatic carbocycles. The minimum Gasteiger partial charge on any atom is -0.491 e. The standard InChI is InChI=1S/C18H24N2O6S2/c1-2-25-13-14-26-16-5-9-18(10-6-16)28(23,24)20-12-11-15-3-7-17(8-4-15)27(19,21)22/h3-10,20H,2,11-14H2,1H3,(H2,19,21,22). The Bertz CT molecular complexity index is 956. The summed E-state index contributed by atoms with van der Waals surface area (Å²) in [6.45, 7) is 3.54. The molecule has 0 atom stereocenters. The molecule has 0 radical (unpaired) electrons. The maximum Gasteiger partial charge on any atom is 0.240 e. The topological polar surface area (TPSA) is 125 Å². The normalized spacial score (nSPS) is 12.1. The second-order valence-electron chi connectivity index (χ2n) is 5.85. The Kier molecular flexibility index (Phi) is 7.96. The van der Waals surface area contributed by atoms with Crippen molar-refractivity contribution >= 4 is 20.0 Å². The van der Waals surface area contributed by atoms with E-state index in [0.717, 1.165) is 5.56 Å². The van der Waals surface area contributed by atoms with Gasteiger partial charge in [-0.15, -0.1) is 0 Å². The molecular formula is C18H24N2O6S2. The summed E-state index contributed by atoms with van der Waals surface area (Å²) in [6.07, 6.45) is 0.406. The van der Waals surface area contributed by atoms with E-state index in [4.69, 9.17) is 14.6 Å². The molecule has 0 aromatic heterocycles. The molecule has 0 bridgehead atoms. The van der Waals surface area contributed by atoms with E-state index < -0.39 is 20.0 Å².